The normalized spacial score (nSPS) is 20.7. The molecule has 2 aromatic carbocycles. The van der Waals surface area contributed by atoms with Crippen LogP contribution in [0.2, 0.25) is 0 Å². The van der Waals surface area contributed by atoms with Crippen molar-refractivity contribution >= 4 is 5.91 Å². The van der Waals surface area contributed by atoms with Gasteiger partial charge in [0.15, 0.2) is 0 Å². The van der Waals surface area contributed by atoms with Crippen LogP contribution < -0.4 is 4.74 Å². The fourth-order valence-electron chi connectivity index (χ4n) is 5.05. The fraction of sp³-hybridized carbons (Fsp3) is 0.481. The number of methoxy groups -OCH3 is 1. The van der Waals surface area contributed by atoms with Gasteiger partial charge in [0.1, 0.15) is 5.75 Å². The summed E-state index contributed by atoms with van der Waals surface area (Å²) in [5.41, 5.74) is 0.854. The summed E-state index contributed by atoms with van der Waals surface area (Å²) in [6.45, 7) is 6.30. The zero-order valence-electron chi connectivity index (χ0n) is 20.2. The lowest BCUT2D eigenvalue weighted by atomic mass is 9.87. The van der Waals surface area contributed by atoms with E-state index in [0.717, 1.165) is 5.56 Å². The minimum Gasteiger partial charge on any atom is -0.496 e. The van der Waals surface area contributed by atoms with Crippen molar-refractivity contribution < 1.29 is 20.8 Å². The van der Waals surface area contributed by atoms with E-state index in [-0.39, 0.29) is 19.0 Å². The quantitative estimate of drug-likeness (QED) is 0.677. The van der Waals surface area contributed by atoms with Gasteiger partial charge in [0, 0.05) is 38.7 Å². The first kappa shape index (κ1) is 24.2. The number of aliphatic hydroxyl groups is 1. The molecule has 7 heteroatoms. The average Bonchev–Trinajstić information content (AvgIpc) is 2.83. The summed E-state index contributed by atoms with van der Waals surface area (Å²) in [4.78, 5) is 17.3. The van der Waals surface area contributed by atoms with E-state index in [1.54, 1.807) is 39.2 Å². The van der Waals surface area contributed by atoms with Gasteiger partial charge in [0.05, 0.1) is 37.0 Å². The van der Waals surface area contributed by atoms with E-state index in [4.69, 9.17) is 9.47 Å². The lowest BCUT2D eigenvalue weighted by molar-refractivity contribution is -0.173. The molecule has 2 aromatic rings. The zero-order chi connectivity index (χ0) is 24.3. The van der Waals surface area contributed by atoms with Crippen LogP contribution in [0.25, 0.3) is 0 Å². The number of likely N-dealkylation sites (tertiary alicyclic amines) is 1. The minimum absolute atomic E-state index is 0. The van der Waals surface area contributed by atoms with Gasteiger partial charge in [-0.15, -0.1) is 0 Å². The number of nitrogens with zero attached hydrogens (tertiary/aromatic N) is 3. The average molecular weight is 466 g/mol. The predicted octanol–water partition coefficient (Wildman–Crippen LogP) is 3.74. The number of piperidine rings is 1. The number of morpholine rings is 1. The molecule has 0 aliphatic carbocycles. The molecule has 182 valence electrons. The second-order valence-electron chi connectivity index (χ2n) is 9.79. The third-order valence-electron chi connectivity index (χ3n) is 6.86. The first-order chi connectivity index (χ1) is 16.2. The highest BCUT2D eigenvalue weighted by Gasteiger charge is 2.44. The Balaban J connectivity index is 0.00000342. The largest absolute Gasteiger partial charge is 0.496 e. The van der Waals surface area contributed by atoms with Gasteiger partial charge in [-0.1, -0.05) is 36.4 Å². The Kier molecular flexibility index (Phi) is 6.94. The Morgan fingerprint density at radius 1 is 1.26 bits per heavy atom. The smallest absolute Gasteiger partial charge is 0.253 e. The van der Waals surface area contributed by atoms with Gasteiger partial charge >= 0.3 is 0 Å². The summed E-state index contributed by atoms with van der Waals surface area (Å²) in [5, 5.41) is 19.7. The van der Waals surface area contributed by atoms with E-state index in [9.17, 15) is 15.2 Å². The van der Waals surface area contributed by atoms with Crippen molar-refractivity contribution in [3.8, 4) is 11.8 Å². The van der Waals surface area contributed by atoms with Crippen molar-refractivity contribution in [3.63, 3.8) is 0 Å². The summed E-state index contributed by atoms with van der Waals surface area (Å²) >= 11 is 0. The highest BCUT2D eigenvalue weighted by Crippen LogP contribution is 2.38. The van der Waals surface area contributed by atoms with Crippen molar-refractivity contribution in [2.45, 2.75) is 44.0 Å². The summed E-state index contributed by atoms with van der Waals surface area (Å²) in [5.74, 6) is 0.444. The van der Waals surface area contributed by atoms with Gasteiger partial charge in [0.25, 0.3) is 5.91 Å². The fourth-order valence-corrected chi connectivity index (χ4v) is 5.05. The van der Waals surface area contributed by atoms with Crippen LogP contribution in [0.15, 0.2) is 48.5 Å². The number of amides is 1. The molecule has 4 rings (SSSR count). The van der Waals surface area contributed by atoms with Crippen LogP contribution >= 0.6 is 0 Å². The van der Waals surface area contributed by atoms with Crippen molar-refractivity contribution in [1.29, 1.82) is 5.26 Å². The van der Waals surface area contributed by atoms with Crippen LogP contribution in [0, 0.1) is 11.3 Å². The molecule has 1 unspecified atom stereocenters. The third-order valence-corrected chi connectivity index (χ3v) is 6.86. The SMILES string of the molecule is COc1cc(C(=O)N2CCC3(CC2)CN(CC#N)CC(c2ccccc2)O3)ccc1C(C)(C)O.[HH]. The number of carbonyl (C=O) groups excluding carboxylic acids is 1. The molecule has 2 fully saturated rings. The molecule has 2 saturated heterocycles. The van der Waals surface area contributed by atoms with Gasteiger partial charge in [-0.3, -0.25) is 9.69 Å². The Bertz CT molecular complexity index is 1060. The molecule has 2 aliphatic rings. The first-order valence-electron chi connectivity index (χ1n) is 11.8. The number of hydrogen-bond donors (Lipinski definition) is 1. The van der Waals surface area contributed by atoms with Crippen molar-refractivity contribution in [2.75, 3.05) is 39.8 Å². The van der Waals surface area contributed by atoms with E-state index in [1.165, 1.54) is 0 Å². The van der Waals surface area contributed by atoms with Gasteiger partial charge in [-0.25, -0.2) is 0 Å². The van der Waals surface area contributed by atoms with Gasteiger partial charge in [-0.05, 0) is 44.4 Å². The van der Waals surface area contributed by atoms with E-state index >= 15 is 0 Å². The highest BCUT2D eigenvalue weighted by atomic mass is 16.5. The van der Waals surface area contributed by atoms with Crippen molar-refractivity contribution in [2.24, 2.45) is 0 Å². The molecule has 1 amide bonds. The summed E-state index contributed by atoms with van der Waals surface area (Å²) in [7, 11) is 1.54. The molecule has 0 saturated carbocycles. The van der Waals surface area contributed by atoms with Gasteiger partial charge in [-0.2, -0.15) is 5.26 Å². The van der Waals surface area contributed by atoms with E-state index < -0.39 is 5.60 Å². The molecule has 0 radical (unpaired) electrons. The maximum Gasteiger partial charge on any atom is 0.253 e. The molecule has 34 heavy (non-hydrogen) atoms. The summed E-state index contributed by atoms with van der Waals surface area (Å²) in [6.07, 6.45) is 1.33. The lowest BCUT2D eigenvalue weighted by Gasteiger charge is -2.49. The molecule has 0 aromatic heterocycles. The zero-order valence-corrected chi connectivity index (χ0v) is 20.2. The second kappa shape index (κ2) is 9.75. The Morgan fingerprint density at radius 3 is 2.59 bits per heavy atom. The van der Waals surface area contributed by atoms with Crippen LogP contribution in [-0.2, 0) is 10.3 Å². The molecule has 1 atom stereocenters. The van der Waals surface area contributed by atoms with Crippen LogP contribution in [0.5, 0.6) is 5.75 Å². The molecule has 0 bridgehead atoms. The van der Waals surface area contributed by atoms with E-state index in [1.807, 2.05) is 23.1 Å². The maximum absolute atomic E-state index is 13.3. The Labute approximate surface area is 203 Å². The predicted molar refractivity (Wildman–Crippen MR) is 131 cm³/mol. The van der Waals surface area contributed by atoms with Crippen molar-refractivity contribution in [3.05, 3.63) is 65.2 Å². The molecule has 7 nitrogen and oxygen atoms in total. The van der Waals surface area contributed by atoms with Gasteiger partial charge < -0.3 is 19.5 Å². The molecule has 2 aliphatic heterocycles. The van der Waals surface area contributed by atoms with Crippen LogP contribution in [0.3, 0.4) is 0 Å². The monoisotopic (exact) mass is 465 g/mol. The van der Waals surface area contributed by atoms with Crippen LogP contribution in [-0.4, -0.2) is 66.2 Å². The number of ether oxygens (including phenoxy) is 2. The minimum atomic E-state index is -1.06. The first-order valence-corrected chi connectivity index (χ1v) is 11.8. The molecular formula is C27H35N3O4. The van der Waals surface area contributed by atoms with Crippen LogP contribution in [0.1, 0.15) is 55.7 Å². The van der Waals surface area contributed by atoms with Crippen LogP contribution in [0.4, 0.5) is 0 Å². The number of nitriles is 1. The molecular weight excluding hydrogens is 430 g/mol. The topological polar surface area (TPSA) is 86.0 Å². The lowest BCUT2D eigenvalue weighted by Crippen LogP contribution is -2.58. The maximum atomic E-state index is 13.3. The summed E-state index contributed by atoms with van der Waals surface area (Å²) < 4.78 is 12.1. The number of hydrogen-bond acceptors (Lipinski definition) is 6. The highest BCUT2D eigenvalue weighted by molar-refractivity contribution is 5.95. The standard InChI is InChI=1S/C27H33N3O4.H2/c1-26(2,32)22-10-9-21(17-23(22)33-3)25(31)30-14-11-27(12-15-30)19-29(16-13-28)18-24(34-27)20-7-5-4-6-8-20;/h4-10,17,24,32H,11-12,14-16,18-19H2,1-3H3;1H. The molecule has 1 N–H and O–H groups in total. The van der Waals surface area contributed by atoms with E-state index in [2.05, 4.69) is 23.1 Å². The van der Waals surface area contributed by atoms with E-state index in [0.29, 0.717) is 62.4 Å². The Hall–Kier alpha value is -2.92. The van der Waals surface area contributed by atoms with Gasteiger partial charge in [0.2, 0.25) is 0 Å². The molecule has 1 spiro atoms. The number of benzene rings is 2. The van der Waals surface area contributed by atoms with Crippen molar-refractivity contribution in [1.82, 2.24) is 9.80 Å². The number of rotatable bonds is 5. The third kappa shape index (κ3) is 5.10. The second-order valence-corrected chi connectivity index (χ2v) is 9.79. The number of carbonyl (C=O) groups is 1. The molecule has 2 heterocycles. The summed E-state index contributed by atoms with van der Waals surface area (Å²) in [6, 6.07) is 17.6. The Morgan fingerprint density at radius 2 is 1.97 bits per heavy atom.